The Kier molecular flexibility index (Phi) is 6.26. The maximum absolute atomic E-state index is 13.2. The van der Waals surface area contributed by atoms with Crippen molar-refractivity contribution in [3.05, 3.63) is 53.3 Å². The van der Waals surface area contributed by atoms with E-state index in [1.165, 1.54) is 6.07 Å². The van der Waals surface area contributed by atoms with E-state index in [0.717, 1.165) is 25.0 Å². The number of halogens is 3. The van der Waals surface area contributed by atoms with Gasteiger partial charge in [0, 0.05) is 32.3 Å². The molecular weight excluding hydrogens is 421 g/mol. The second-order valence-corrected chi connectivity index (χ2v) is 8.44. The van der Waals surface area contributed by atoms with E-state index in [0.29, 0.717) is 43.6 Å². The molecule has 2 saturated heterocycles. The number of aromatic nitrogens is 2. The number of amides is 2. The van der Waals surface area contributed by atoms with Crippen LogP contribution in [0.3, 0.4) is 0 Å². The normalized spacial score (nSPS) is 21.9. The fourth-order valence-electron chi connectivity index (χ4n) is 4.81. The van der Waals surface area contributed by atoms with Crippen LogP contribution >= 0.6 is 0 Å². The highest BCUT2D eigenvalue weighted by atomic mass is 19.4. The Hall–Kier alpha value is -2.84. The third-order valence-electron chi connectivity index (χ3n) is 6.42. The van der Waals surface area contributed by atoms with Gasteiger partial charge >= 0.3 is 6.18 Å². The summed E-state index contributed by atoms with van der Waals surface area (Å²) in [6.45, 7) is 3.22. The van der Waals surface area contributed by atoms with E-state index in [9.17, 15) is 22.8 Å². The molecule has 172 valence electrons. The number of fused-ring (bicyclic) bond motifs is 1. The maximum Gasteiger partial charge on any atom is 0.416 e. The Labute approximate surface area is 185 Å². The number of carbonyl (C=O) groups is 2. The number of likely N-dealkylation sites (tertiary alicyclic amines) is 2. The molecule has 2 atom stereocenters. The number of hydrogen-bond donors (Lipinski definition) is 0. The van der Waals surface area contributed by atoms with Crippen LogP contribution in [0.15, 0.2) is 36.5 Å². The fraction of sp³-hybridized carbons (Fsp3) is 0.522. The van der Waals surface area contributed by atoms with E-state index in [4.69, 9.17) is 0 Å². The van der Waals surface area contributed by atoms with Gasteiger partial charge in [-0.2, -0.15) is 18.3 Å². The predicted molar refractivity (Wildman–Crippen MR) is 112 cm³/mol. The highest BCUT2D eigenvalue weighted by molar-refractivity contribution is 5.92. The van der Waals surface area contributed by atoms with Crippen LogP contribution in [0.25, 0.3) is 0 Å². The smallest absolute Gasteiger partial charge is 0.333 e. The Bertz CT molecular complexity index is 988. The van der Waals surface area contributed by atoms with Crippen LogP contribution in [0.2, 0.25) is 0 Å². The van der Waals surface area contributed by atoms with Gasteiger partial charge in [-0.25, -0.2) is 0 Å². The lowest BCUT2D eigenvalue weighted by Gasteiger charge is -2.37. The van der Waals surface area contributed by atoms with Gasteiger partial charge in [-0.3, -0.25) is 14.3 Å². The van der Waals surface area contributed by atoms with Crippen molar-refractivity contribution < 1.29 is 22.8 Å². The summed E-state index contributed by atoms with van der Waals surface area (Å²) in [5.41, 5.74) is 0.102. The molecule has 0 aliphatic carbocycles. The van der Waals surface area contributed by atoms with Crippen LogP contribution in [0, 0.1) is 0 Å². The molecule has 32 heavy (non-hydrogen) atoms. The van der Waals surface area contributed by atoms with Gasteiger partial charge in [0.15, 0.2) is 0 Å². The number of benzene rings is 1. The van der Waals surface area contributed by atoms with Crippen LogP contribution in [0.4, 0.5) is 13.2 Å². The number of rotatable bonds is 4. The molecule has 0 saturated carbocycles. The molecule has 6 nitrogen and oxygen atoms in total. The lowest BCUT2D eigenvalue weighted by Crippen LogP contribution is -2.49. The number of aryl methyl sites for hydroxylation is 1. The highest BCUT2D eigenvalue weighted by Crippen LogP contribution is 2.33. The summed E-state index contributed by atoms with van der Waals surface area (Å²) in [5.74, 6) is -0.224. The van der Waals surface area contributed by atoms with Gasteiger partial charge in [0.25, 0.3) is 5.91 Å². The van der Waals surface area contributed by atoms with Crippen molar-refractivity contribution in [1.29, 1.82) is 0 Å². The van der Waals surface area contributed by atoms with Crippen molar-refractivity contribution in [2.24, 2.45) is 0 Å². The minimum Gasteiger partial charge on any atom is -0.333 e. The molecular formula is C23H27F3N4O2. The molecule has 2 amide bonds. The molecule has 2 aliphatic heterocycles. The molecule has 0 unspecified atom stereocenters. The molecule has 2 aromatic rings. The van der Waals surface area contributed by atoms with Crippen molar-refractivity contribution in [2.75, 3.05) is 6.54 Å². The van der Waals surface area contributed by atoms with Crippen LogP contribution in [0.1, 0.15) is 60.6 Å². The third kappa shape index (κ3) is 4.52. The summed E-state index contributed by atoms with van der Waals surface area (Å²) in [7, 11) is 0. The minimum atomic E-state index is -4.43. The van der Waals surface area contributed by atoms with Gasteiger partial charge in [-0.1, -0.05) is 18.6 Å². The number of nitrogens with zero attached hydrogens (tertiary/aromatic N) is 4. The molecule has 0 bridgehead atoms. The van der Waals surface area contributed by atoms with Gasteiger partial charge in [-0.15, -0.1) is 0 Å². The Morgan fingerprint density at radius 3 is 2.69 bits per heavy atom. The third-order valence-corrected chi connectivity index (χ3v) is 6.42. The summed E-state index contributed by atoms with van der Waals surface area (Å²) >= 11 is 0. The maximum atomic E-state index is 13.2. The first-order valence-electron chi connectivity index (χ1n) is 11.1. The molecule has 0 radical (unpaired) electrons. The highest BCUT2D eigenvalue weighted by Gasteiger charge is 2.43. The zero-order valence-corrected chi connectivity index (χ0v) is 18.0. The van der Waals surface area contributed by atoms with Crippen molar-refractivity contribution >= 4 is 11.8 Å². The van der Waals surface area contributed by atoms with Crippen LogP contribution < -0.4 is 0 Å². The number of hydrogen-bond acceptors (Lipinski definition) is 3. The van der Waals surface area contributed by atoms with E-state index in [1.807, 2.05) is 6.92 Å². The lowest BCUT2D eigenvalue weighted by atomic mass is 9.96. The molecule has 4 rings (SSSR count). The summed E-state index contributed by atoms with van der Waals surface area (Å²) in [6.07, 6.45) is 0.606. The molecule has 1 aromatic heterocycles. The first-order chi connectivity index (χ1) is 15.3. The molecule has 2 fully saturated rings. The lowest BCUT2D eigenvalue weighted by molar-refractivity contribution is -0.137. The van der Waals surface area contributed by atoms with Crippen molar-refractivity contribution in [2.45, 2.75) is 70.4 Å². The first kappa shape index (κ1) is 22.4. The monoisotopic (exact) mass is 448 g/mol. The molecule has 9 heteroatoms. The second-order valence-electron chi connectivity index (χ2n) is 8.44. The Morgan fingerprint density at radius 2 is 1.97 bits per heavy atom. The van der Waals surface area contributed by atoms with Crippen molar-refractivity contribution in [3.8, 4) is 0 Å². The number of alkyl halides is 3. The standard InChI is InChI=1S/C23H27F3N4O2/c1-2-28-12-10-18(27-28)22(32)29-13-11-20-19(29)8-3-4-9-21(31)30(20)15-16-6-5-7-17(14-16)23(24,25)26/h5-7,10,12,14,19-20H,2-4,8-9,11,13,15H2,1H3/t19-,20+/m1/s1. The Balaban J connectivity index is 1.58. The zero-order valence-electron chi connectivity index (χ0n) is 18.0. The Morgan fingerprint density at radius 1 is 1.16 bits per heavy atom. The van der Waals surface area contributed by atoms with Crippen molar-refractivity contribution in [3.63, 3.8) is 0 Å². The van der Waals surface area contributed by atoms with Gasteiger partial charge in [0.2, 0.25) is 5.91 Å². The van der Waals surface area contributed by atoms with Crippen LogP contribution in [-0.2, 0) is 24.1 Å². The van der Waals surface area contributed by atoms with Crippen LogP contribution in [0.5, 0.6) is 0 Å². The molecule has 0 spiro atoms. The molecule has 0 N–H and O–H groups in total. The largest absolute Gasteiger partial charge is 0.416 e. The van der Waals surface area contributed by atoms with Crippen molar-refractivity contribution in [1.82, 2.24) is 19.6 Å². The van der Waals surface area contributed by atoms with E-state index >= 15 is 0 Å². The topological polar surface area (TPSA) is 58.4 Å². The second kappa shape index (κ2) is 8.96. The van der Waals surface area contributed by atoms with E-state index in [2.05, 4.69) is 5.10 Å². The minimum absolute atomic E-state index is 0.0679. The summed E-state index contributed by atoms with van der Waals surface area (Å²) in [6, 6.07) is 6.46. The van der Waals surface area contributed by atoms with E-state index in [1.54, 1.807) is 32.8 Å². The summed E-state index contributed by atoms with van der Waals surface area (Å²) < 4.78 is 41.2. The SMILES string of the molecule is CCn1ccc(C(=O)N2CC[C@H]3[C@H]2CCCCC(=O)N3Cc2cccc(C(F)(F)F)c2)n1. The zero-order chi connectivity index (χ0) is 22.9. The average Bonchev–Trinajstić information content (AvgIpc) is 3.40. The van der Waals surface area contributed by atoms with Gasteiger partial charge in [0.05, 0.1) is 17.6 Å². The quantitative estimate of drug-likeness (QED) is 0.708. The predicted octanol–water partition coefficient (Wildman–Crippen LogP) is 4.11. The summed E-state index contributed by atoms with van der Waals surface area (Å²) in [4.78, 5) is 29.6. The summed E-state index contributed by atoms with van der Waals surface area (Å²) in [5, 5.41) is 4.33. The first-order valence-corrected chi connectivity index (χ1v) is 11.1. The van der Waals surface area contributed by atoms with Gasteiger partial charge in [-0.05, 0) is 49.9 Å². The van der Waals surface area contributed by atoms with Gasteiger partial charge in [0.1, 0.15) is 5.69 Å². The number of carbonyl (C=O) groups excluding carboxylic acids is 2. The van der Waals surface area contributed by atoms with E-state index in [-0.39, 0.29) is 30.4 Å². The molecule has 2 aliphatic rings. The molecule has 3 heterocycles. The van der Waals surface area contributed by atoms with E-state index < -0.39 is 11.7 Å². The average molecular weight is 448 g/mol. The van der Waals surface area contributed by atoms with Crippen LogP contribution in [-0.4, -0.2) is 50.0 Å². The molecule has 1 aromatic carbocycles. The fourth-order valence-corrected chi connectivity index (χ4v) is 4.81. The van der Waals surface area contributed by atoms with Gasteiger partial charge < -0.3 is 9.80 Å².